The van der Waals surface area contributed by atoms with Crippen LogP contribution in [0.25, 0.3) is 0 Å². The first-order valence-corrected chi connectivity index (χ1v) is 12.6. The first kappa shape index (κ1) is 28.3. The number of nitrogens with zero attached hydrogens (tertiary/aromatic N) is 3. The summed E-state index contributed by atoms with van der Waals surface area (Å²) in [6, 6.07) is 15.2. The zero-order valence-corrected chi connectivity index (χ0v) is 21.6. The van der Waals surface area contributed by atoms with Crippen molar-refractivity contribution < 1.29 is 24.2 Å². The minimum absolute atomic E-state index is 0.00255. The number of aryl methyl sites for hydroxylation is 1. The quantitative estimate of drug-likeness (QED) is 0.384. The Labute approximate surface area is 221 Å². The monoisotopic (exact) mass is 528 g/mol. The molecule has 2 unspecified atom stereocenters. The van der Waals surface area contributed by atoms with Crippen molar-refractivity contribution in [1.82, 2.24) is 9.80 Å². The molecule has 2 aromatic rings. The van der Waals surface area contributed by atoms with Crippen LogP contribution >= 0.6 is 11.6 Å². The van der Waals surface area contributed by atoms with Gasteiger partial charge >= 0.3 is 12.0 Å². The van der Waals surface area contributed by atoms with Crippen molar-refractivity contribution in [2.24, 2.45) is 16.6 Å². The lowest BCUT2D eigenvalue weighted by Gasteiger charge is -2.39. The van der Waals surface area contributed by atoms with E-state index in [4.69, 9.17) is 22.1 Å². The molecule has 198 valence electrons. The van der Waals surface area contributed by atoms with Gasteiger partial charge in [0.05, 0.1) is 25.0 Å². The lowest BCUT2D eigenvalue weighted by molar-refractivity contribution is -0.141. The predicted molar refractivity (Wildman–Crippen MR) is 142 cm³/mol. The van der Waals surface area contributed by atoms with Crippen LogP contribution in [-0.4, -0.2) is 78.4 Å². The molecule has 3 amide bonds. The summed E-state index contributed by atoms with van der Waals surface area (Å²) in [5.74, 6) is -2.27. The van der Waals surface area contributed by atoms with Crippen molar-refractivity contribution >= 4 is 35.2 Å². The van der Waals surface area contributed by atoms with E-state index >= 15 is 0 Å². The molecular formula is C27H33ClN4O5. The summed E-state index contributed by atoms with van der Waals surface area (Å²) in [7, 11) is 1.72. The number of urea groups is 1. The zero-order chi connectivity index (χ0) is 26.8. The third-order valence-corrected chi connectivity index (χ3v) is 6.63. The molecule has 1 heterocycles. The van der Waals surface area contributed by atoms with Gasteiger partial charge in [0, 0.05) is 38.1 Å². The van der Waals surface area contributed by atoms with Crippen LogP contribution in [0.4, 0.5) is 4.79 Å². The van der Waals surface area contributed by atoms with Crippen molar-refractivity contribution in [3.8, 4) is 0 Å². The maximum atomic E-state index is 13.1. The Morgan fingerprint density at radius 3 is 2.54 bits per heavy atom. The number of carboxylic acids is 1. The van der Waals surface area contributed by atoms with E-state index in [2.05, 4.69) is 4.99 Å². The van der Waals surface area contributed by atoms with Gasteiger partial charge in [0.25, 0.3) is 0 Å². The summed E-state index contributed by atoms with van der Waals surface area (Å²) in [5.41, 5.74) is 7.21. The number of ether oxygens (including phenoxy) is 1. The molecule has 0 aliphatic carbocycles. The molecule has 3 rings (SSSR count). The van der Waals surface area contributed by atoms with Gasteiger partial charge < -0.3 is 25.4 Å². The molecule has 0 saturated heterocycles. The highest BCUT2D eigenvalue weighted by Crippen LogP contribution is 2.38. The summed E-state index contributed by atoms with van der Waals surface area (Å²) < 4.78 is 5.43. The minimum Gasteiger partial charge on any atom is -0.481 e. The van der Waals surface area contributed by atoms with Crippen LogP contribution in [0, 0.1) is 5.92 Å². The molecule has 0 radical (unpaired) electrons. The summed E-state index contributed by atoms with van der Waals surface area (Å²) in [6.07, 6.45) is 1.47. The van der Waals surface area contributed by atoms with Crippen LogP contribution < -0.4 is 5.73 Å². The van der Waals surface area contributed by atoms with Crippen LogP contribution in [0.1, 0.15) is 30.0 Å². The molecule has 37 heavy (non-hydrogen) atoms. The molecule has 1 aliphatic heterocycles. The Kier molecular flexibility index (Phi) is 10.6. The first-order valence-electron chi connectivity index (χ1n) is 12.2. The summed E-state index contributed by atoms with van der Waals surface area (Å²) >= 11 is 6.46. The van der Waals surface area contributed by atoms with Crippen molar-refractivity contribution in [2.45, 2.75) is 25.3 Å². The number of benzene rings is 2. The third kappa shape index (κ3) is 7.61. The molecule has 0 aromatic heterocycles. The van der Waals surface area contributed by atoms with Crippen molar-refractivity contribution in [3.05, 3.63) is 70.7 Å². The molecule has 0 bridgehead atoms. The van der Waals surface area contributed by atoms with E-state index in [1.54, 1.807) is 36.2 Å². The van der Waals surface area contributed by atoms with E-state index < -0.39 is 24.0 Å². The highest BCUT2D eigenvalue weighted by Gasteiger charge is 2.44. The Morgan fingerprint density at radius 1 is 1.16 bits per heavy atom. The number of carbonyl (C=O) groups excluding carboxylic acids is 2. The van der Waals surface area contributed by atoms with E-state index in [0.717, 1.165) is 5.56 Å². The molecule has 10 heteroatoms. The fraction of sp³-hybridized carbons (Fsp3) is 0.407. The second-order valence-corrected chi connectivity index (χ2v) is 9.26. The molecule has 0 fully saturated rings. The van der Waals surface area contributed by atoms with Crippen LogP contribution in [0.15, 0.2) is 59.6 Å². The number of aliphatic carboxylic acids is 1. The van der Waals surface area contributed by atoms with Gasteiger partial charge in [0.1, 0.15) is 5.92 Å². The maximum Gasteiger partial charge on any atom is 0.344 e. The number of halogens is 1. The fourth-order valence-corrected chi connectivity index (χ4v) is 4.63. The van der Waals surface area contributed by atoms with Crippen molar-refractivity contribution in [2.75, 3.05) is 39.9 Å². The average molecular weight is 529 g/mol. The Bertz CT molecular complexity index is 1110. The van der Waals surface area contributed by atoms with E-state index in [-0.39, 0.29) is 37.9 Å². The van der Waals surface area contributed by atoms with Crippen molar-refractivity contribution in [3.63, 3.8) is 0 Å². The van der Waals surface area contributed by atoms with E-state index in [9.17, 15) is 19.5 Å². The lowest BCUT2D eigenvalue weighted by atomic mass is 9.86. The zero-order valence-electron chi connectivity index (χ0n) is 20.9. The summed E-state index contributed by atoms with van der Waals surface area (Å²) in [5, 5.41) is 10.5. The third-order valence-electron chi connectivity index (χ3n) is 6.29. The van der Waals surface area contributed by atoms with Gasteiger partial charge in [0.2, 0.25) is 5.91 Å². The lowest BCUT2D eigenvalue weighted by Crippen LogP contribution is -2.49. The average Bonchev–Trinajstić information content (AvgIpc) is 2.89. The highest BCUT2D eigenvalue weighted by molar-refractivity contribution is 6.31. The maximum absolute atomic E-state index is 13.1. The second-order valence-electron chi connectivity index (χ2n) is 8.86. The number of carboxylic acid groups (broad SMARTS) is 1. The SMILES string of the molecule is CN(CCCN1C(=O)N=C(COCCN)C(C(=O)O)C1c1ccccc1Cl)C(=O)CCc1ccccc1. The predicted octanol–water partition coefficient (Wildman–Crippen LogP) is 3.42. The van der Waals surface area contributed by atoms with Crippen LogP contribution in [0.5, 0.6) is 0 Å². The number of hydrogen-bond acceptors (Lipinski definition) is 5. The summed E-state index contributed by atoms with van der Waals surface area (Å²) in [6.45, 7) is 0.963. The second kappa shape index (κ2) is 13.9. The number of hydrogen-bond donors (Lipinski definition) is 2. The number of aliphatic imine (C=N–C) groups is 1. The van der Waals surface area contributed by atoms with E-state index in [1.807, 2.05) is 30.3 Å². The topological polar surface area (TPSA) is 126 Å². The molecule has 1 aliphatic rings. The van der Waals surface area contributed by atoms with Gasteiger partial charge in [-0.05, 0) is 30.0 Å². The fourth-order valence-electron chi connectivity index (χ4n) is 4.38. The molecule has 2 atom stereocenters. The van der Waals surface area contributed by atoms with Crippen LogP contribution in [-0.2, 0) is 20.7 Å². The molecule has 3 N–H and O–H groups in total. The Morgan fingerprint density at radius 2 is 1.86 bits per heavy atom. The van der Waals surface area contributed by atoms with Crippen molar-refractivity contribution in [1.29, 1.82) is 0 Å². The van der Waals surface area contributed by atoms with Gasteiger partial charge in [-0.1, -0.05) is 60.1 Å². The van der Waals surface area contributed by atoms with Crippen LogP contribution in [0.3, 0.4) is 0 Å². The van der Waals surface area contributed by atoms with Gasteiger partial charge in [0.15, 0.2) is 0 Å². The van der Waals surface area contributed by atoms with E-state index in [1.165, 1.54) is 4.90 Å². The Hall–Kier alpha value is -3.27. The van der Waals surface area contributed by atoms with Gasteiger partial charge in [-0.15, -0.1) is 0 Å². The van der Waals surface area contributed by atoms with Gasteiger partial charge in [-0.25, -0.2) is 4.79 Å². The standard InChI is InChI=1S/C27H33ClN4O5/c1-31(23(33)13-12-19-8-3-2-4-9-19)15-7-16-32-25(20-10-5-6-11-21(20)28)24(26(34)35)22(30-27(32)36)18-37-17-14-29/h2-6,8-11,24-25H,7,12-18,29H2,1H3,(H,34,35). The molecule has 0 saturated carbocycles. The first-order chi connectivity index (χ1) is 17.8. The van der Waals surface area contributed by atoms with E-state index in [0.29, 0.717) is 36.4 Å². The molecule has 2 aromatic carbocycles. The smallest absolute Gasteiger partial charge is 0.344 e. The Balaban J connectivity index is 1.73. The number of nitrogens with two attached hydrogens (primary N) is 1. The number of carbonyl (C=O) groups is 3. The number of amides is 3. The van der Waals surface area contributed by atoms with Gasteiger partial charge in [-0.3, -0.25) is 9.59 Å². The van der Waals surface area contributed by atoms with Crippen LogP contribution in [0.2, 0.25) is 5.02 Å². The molecule has 9 nitrogen and oxygen atoms in total. The summed E-state index contributed by atoms with van der Waals surface area (Å²) in [4.78, 5) is 45.3. The van der Waals surface area contributed by atoms with Gasteiger partial charge in [-0.2, -0.15) is 4.99 Å². The largest absolute Gasteiger partial charge is 0.481 e. The molecular weight excluding hydrogens is 496 g/mol. The molecule has 0 spiro atoms. The minimum atomic E-state index is -1.14. The number of rotatable bonds is 13. The highest BCUT2D eigenvalue weighted by atomic mass is 35.5. The normalized spacial score (nSPS) is 17.4.